The number of hydrogen-bond donors (Lipinski definition) is 1. The number of carboxylic acids is 1. The van der Waals surface area contributed by atoms with Gasteiger partial charge in [0, 0.05) is 71.8 Å². The van der Waals surface area contributed by atoms with Gasteiger partial charge in [0.05, 0.1) is 52.7 Å². The molecule has 2 saturated heterocycles. The van der Waals surface area contributed by atoms with Crippen LogP contribution in [-0.4, -0.2) is 165 Å². The van der Waals surface area contributed by atoms with E-state index in [1.54, 1.807) is 62.5 Å². The molecule has 0 aliphatic carbocycles. The average Bonchev–Trinajstić information content (AvgIpc) is 3.28. The van der Waals surface area contributed by atoms with Gasteiger partial charge in [-0.05, 0) is 95.4 Å². The Balaban J connectivity index is 0.000000375. The van der Waals surface area contributed by atoms with Gasteiger partial charge in [-0.2, -0.15) is 0 Å². The highest BCUT2D eigenvalue weighted by atomic mass is 31.1. The summed E-state index contributed by atoms with van der Waals surface area (Å²) in [5, 5.41) is 9.62. The Morgan fingerprint density at radius 2 is 1.07 bits per heavy atom. The molecular formula is C50H84N2O17P2. The van der Waals surface area contributed by atoms with Crippen molar-refractivity contribution in [3.05, 3.63) is 22.7 Å². The Kier molecular flexibility index (Phi) is 22.4. The lowest BCUT2D eigenvalue weighted by Gasteiger charge is -2.47. The number of carbonyl (C=O) groups excluding carboxylic acids is 3. The molecule has 0 aromatic heterocycles. The first-order chi connectivity index (χ1) is 32.8. The molecule has 2 fully saturated rings. The summed E-state index contributed by atoms with van der Waals surface area (Å²) < 4.78 is 85.0. The number of nitrogens with zero attached hydrogens (tertiary/aromatic N) is 2. The summed E-state index contributed by atoms with van der Waals surface area (Å²) in [6.45, 7) is 24.6. The molecule has 0 radical (unpaired) electrons. The Hall–Kier alpha value is -2.96. The second-order valence-corrected chi connectivity index (χ2v) is 23.2. The van der Waals surface area contributed by atoms with E-state index in [0.29, 0.717) is 41.9 Å². The van der Waals surface area contributed by atoms with Crippen molar-refractivity contribution in [1.82, 2.24) is 9.80 Å². The van der Waals surface area contributed by atoms with E-state index in [1.165, 1.54) is 7.11 Å². The van der Waals surface area contributed by atoms with Crippen molar-refractivity contribution in [2.45, 2.75) is 206 Å². The van der Waals surface area contributed by atoms with E-state index < -0.39 is 94.5 Å². The van der Waals surface area contributed by atoms with Gasteiger partial charge in [0.1, 0.15) is 29.1 Å². The fourth-order valence-electron chi connectivity index (χ4n) is 10.1. The van der Waals surface area contributed by atoms with Crippen molar-refractivity contribution in [1.29, 1.82) is 0 Å². The third-order valence-electron chi connectivity index (χ3n) is 14.1. The average molecular weight is 1050 g/mol. The highest BCUT2D eigenvalue weighted by Gasteiger charge is 2.52. The largest absolute Gasteiger partial charge is 0.481 e. The molecule has 0 saturated carbocycles. The van der Waals surface area contributed by atoms with Crippen LogP contribution in [0, 0.1) is 23.7 Å². The summed E-state index contributed by atoms with van der Waals surface area (Å²) in [5.74, 6) is -5.56. The number of cyclic esters (lactones) is 2. The number of aliphatic carboxylic acids is 1. The number of aldehydes is 1. The Morgan fingerprint density at radius 3 is 1.37 bits per heavy atom. The lowest BCUT2D eigenvalue weighted by molar-refractivity contribution is -0.266. The lowest BCUT2D eigenvalue weighted by atomic mass is 9.80. The number of methoxy groups -OCH3 is 2. The first-order valence-corrected chi connectivity index (χ1v) is 26.2. The number of hydrogen-bond acceptors (Lipinski definition) is 18. The van der Waals surface area contributed by atoms with E-state index in [2.05, 4.69) is 0 Å². The van der Waals surface area contributed by atoms with Crippen molar-refractivity contribution in [2.75, 3.05) is 42.4 Å². The normalized spacial score (nSPS) is 31.1. The minimum atomic E-state index is -1.19. The monoisotopic (exact) mass is 1050 g/mol. The predicted molar refractivity (Wildman–Crippen MR) is 264 cm³/mol. The second-order valence-electron chi connectivity index (χ2n) is 21.6. The quantitative estimate of drug-likeness (QED) is 0.0621. The highest BCUT2D eigenvalue weighted by molar-refractivity contribution is 7.25. The maximum absolute atomic E-state index is 12.6. The van der Waals surface area contributed by atoms with Crippen molar-refractivity contribution >= 4 is 41.1 Å². The van der Waals surface area contributed by atoms with Gasteiger partial charge >= 0.3 is 17.9 Å². The SMILES string of the molecule is CO[C@](C)(C[C@@H](C)C(=O)O)[C@H](O[C@@H]1O[C@H](C)CC(N(C)C)[C@H]1P=O)[C@H](C)C1=C(C)C(=O)OC(C)(C)O1.CO[C@](C)(C[C@@H](C)C=O)[C@H](O[C@@H]1O[C@H](C)CC(N(C)C)[C@H]1P=O)[C@H](C)C1=C(C)C(=O)OC(C)(C)O1. The molecule has 4 heterocycles. The molecule has 406 valence electrons. The smallest absolute Gasteiger partial charge is 0.340 e. The number of esters is 2. The third-order valence-corrected chi connectivity index (χ3v) is 15.7. The first-order valence-electron chi connectivity index (χ1n) is 24.4. The molecule has 21 heteroatoms. The highest BCUT2D eigenvalue weighted by Crippen LogP contribution is 2.44. The van der Waals surface area contributed by atoms with Gasteiger partial charge in [-0.25, -0.2) is 9.59 Å². The maximum atomic E-state index is 12.6. The molecule has 0 aromatic rings. The van der Waals surface area contributed by atoms with Crippen LogP contribution < -0.4 is 0 Å². The van der Waals surface area contributed by atoms with Crippen molar-refractivity contribution in [3.63, 3.8) is 0 Å². The predicted octanol–water partition coefficient (Wildman–Crippen LogP) is 7.78. The summed E-state index contributed by atoms with van der Waals surface area (Å²) in [6.07, 6.45) is -0.733. The van der Waals surface area contributed by atoms with Crippen molar-refractivity contribution < 1.29 is 80.8 Å². The number of carboxylic acid groups (broad SMARTS) is 1. The number of rotatable bonds is 22. The van der Waals surface area contributed by atoms with Crippen LogP contribution in [0.2, 0.25) is 0 Å². The second kappa shape index (κ2) is 25.5. The van der Waals surface area contributed by atoms with Gasteiger partial charge < -0.3 is 67.1 Å². The van der Waals surface area contributed by atoms with E-state index in [4.69, 9.17) is 47.4 Å². The molecule has 0 bridgehead atoms. The summed E-state index contributed by atoms with van der Waals surface area (Å²) in [7, 11) is 10.6. The molecule has 0 aromatic carbocycles. The lowest BCUT2D eigenvalue weighted by Crippen LogP contribution is -2.57. The number of ether oxygens (including phenoxy) is 10. The third kappa shape index (κ3) is 15.6. The van der Waals surface area contributed by atoms with Crippen LogP contribution >= 0.6 is 16.9 Å². The molecule has 19 nitrogen and oxygen atoms in total. The molecule has 16 atom stereocenters. The molecular weight excluding hydrogens is 962 g/mol. The molecule has 4 aliphatic rings. The van der Waals surface area contributed by atoms with E-state index in [0.717, 1.165) is 6.29 Å². The Labute approximate surface area is 425 Å². The standard InChI is InChI=1S/C25H42NO9P.C25H42NO8P/c1-13(21(27)28)12-25(7,31-10)20(15(3)18-16(4)22(29)35-24(5,6)34-18)33-23-19(36-30)17(26(8)9)11-14(2)32-23;1-14(13-27)12-25(7,30-10)21(16(3)19-17(4)22(28)34-24(5,6)33-19)32-23-20(35-29)18(26(8)9)11-15(2)31-23/h13-15,17,19-20,23H,11-12H2,1-10H3,(H,27,28);13-16,18,20-21,23H,11-12H2,1-10H3/t13-,14-,15-,17?,19-,20-,23+,25-;14-,15-,16-,18?,20-,21-,23+,25-/m11/s1. The van der Waals surface area contributed by atoms with Gasteiger partial charge in [0.25, 0.3) is 0 Å². The first kappa shape index (κ1) is 62.3. The van der Waals surface area contributed by atoms with E-state index in [-0.39, 0.29) is 53.6 Å². The van der Waals surface area contributed by atoms with Gasteiger partial charge in [-0.15, -0.1) is 0 Å². The van der Waals surface area contributed by atoms with Crippen LogP contribution in [0.3, 0.4) is 0 Å². The van der Waals surface area contributed by atoms with Crippen LogP contribution in [0.4, 0.5) is 0 Å². The van der Waals surface area contributed by atoms with Gasteiger partial charge in [0.2, 0.25) is 11.6 Å². The maximum Gasteiger partial charge on any atom is 0.340 e. The van der Waals surface area contributed by atoms with Gasteiger partial charge in [-0.3, -0.25) is 13.9 Å². The fourth-order valence-corrected chi connectivity index (χ4v) is 11.6. The van der Waals surface area contributed by atoms with E-state index in [9.17, 15) is 33.4 Å². The summed E-state index contributed by atoms with van der Waals surface area (Å²) in [4.78, 5) is 52.5. The van der Waals surface area contributed by atoms with Crippen molar-refractivity contribution in [3.8, 4) is 0 Å². The van der Waals surface area contributed by atoms with Crippen LogP contribution in [-0.2, 0) is 75.7 Å². The summed E-state index contributed by atoms with van der Waals surface area (Å²) >= 11 is 0. The van der Waals surface area contributed by atoms with Crippen molar-refractivity contribution in [2.24, 2.45) is 23.7 Å². The molecule has 71 heavy (non-hydrogen) atoms. The zero-order valence-corrected chi connectivity index (χ0v) is 47.5. The molecule has 0 spiro atoms. The summed E-state index contributed by atoms with van der Waals surface area (Å²) in [6, 6.07) is -0.0937. The molecule has 1 N–H and O–H groups in total. The topological polar surface area (TPSA) is 221 Å². The zero-order chi connectivity index (χ0) is 54.3. The van der Waals surface area contributed by atoms with E-state index >= 15 is 0 Å². The van der Waals surface area contributed by atoms with Gasteiger partial charge in [-0.1, -0.05) is 27.7 Å². The molecule has 4 rings (SSSR count). The fraction of sp³-hybridized carbons (Fsp3) is 0.840. The Morgan fingerprint density at radius 1 is 0.718 bits per heavy atom. The minimum Gasteiger partial charge on any atom is -0.481 e. The van der Waals surface area contributed by atoms with Crippen LogP contribution in [0.25, 0.3) is 0 Å². The van der Waals surface area contributed by atoms with E-state index in [1.807, 2.05) is 79.5 Å². The summed E-state index contributed by atoms with van der Waals surface area (Å²) in [5.41, 5.74) is -2.37. The van der Waals surface area contributed by atoms with Gasteiger partial charge in [0.15, 0.2) is 29.5 Å². The van der Waals surface area contributed by atoms with Crippen LogP contribution in [0.1, 0.15) is 123 Å². The Bertz CT molecular complexity index is 1950. The van der Waals surface area contributed by atoms with Crippen LogP contribution in [0.15, 0.2) is 22.7 Å². The van der Waals surface area contributed by atoms with Crippen LogP contribution in [0.5, 0.6) is 0 Å². The molecule has 4 aliphatic heterocycles. The molecule has 0 amide bonds. The minimum absolute atomic E-state index is 0.0256. The zero-order valence-electron chi connectivity index (χ0n) is 45.8. The molecule has 2 unspecified atom stereocenters. The number of carbonyl (C=O) groups is 4.